The number of hydrogen-bond donors (Lipinski definition) is 2. The second kappa shape index (κ2) is 9.28. The largest absolute Gasteiger partial charge is 0.506 e. The summed E-state index contributed by atoms with van der Waals surface area (Å²) in [5, 5.41) is 23.6. The van der Waals surface area contributed by atoms with Crippen molar-refractivity contribution in [1.82, 2.24) is 29.9 Å². The van der Waals surface area contributed by atoms with Gasteiger partial charge in [-0.05, 0) is 53.0 Å². The Hall–Kier alpha value is -3.31. The van der Waals surface area contributed by atoms with Gasteiger partial charge >= 0.3 is 12.3 Å². The molecule has 1 amide bonds. The Bertz CT molecular complexity index is 1110. The van der Waals surface area contributed by atoms with Gasteiger partial charge in [0.05, 0.1) is 11.9 Å². The molecule has 180 valence electrons. The van der Waals surface area contributed by atoms with Crippen LogP contribution >= 0.6 is 0 Å². The zero-order valence-corrected chi connectivity index (χ0v) is 18.9. The number of amides is 1. The number of H-pyrrole nitrogens is 1. The second-order valence-corrected chi connectivity index (χ2v) is 8.75. The number of rotatable bonds is 1. The van der Waals surface area contributed by atoms with E-state index in [1.807, 2.05) is 20.8 Å². The monoisotopic (exact) mass is 468 g/mol. The van der Waals surface area contributed by atoms with Crippen molar-refractivity contribution in [3.63, 3.8) is 0 Å². The number of ether oxygens (including phenoxy) is 1. The van der Waals surface area contributed by atoms with Crippen LogP contribution in [0.5, 0.6) is 5.75 Å². The Kier molecular flexibility index (Phi) is 6.84. The number of likely N-dealkylation sites (tertiary alicyclic amines) is 1. The van der Waals surface area contributed by atoms with Crippen LogP contribution in [-0.4, -0.2) is 59.8 Å². The number of aromatic hydroxyl groups is 1. The van der Waals surface area contributed by atoms with Gasteiger partial charge < -0.3 is 14.7 Å². The fourth-order valence-corrected chi connectivity index (χ4v) is 3.40. The quantitative estimate of drug-likeness (QED) is 0.542. The highest BCUT2D eigenvalue weighted by Gasteiger charge is 2.35. The van der Waals surface area contributed by atoms with Crippen LogP contribution in [0.2, 0.25) is 0 Å². The molecule has 3 aromatic rings. The number of aryl methyl sites for hydroxylation is 1. The average molecular weight is 468 g/mol. The number of pyridine rings is 1. The van der Waals surface area contributed by atoms with Crippen molar-refractivity contribution >= 4 is 11.6 Å². The van der Waals surface area contributed by atoms with Crippen LogP contribution in [0.4, 0.5) is 18.0 Å². The first-order chi connectivity index (χ1) is 15.4. The maximum Gasteiger partial charge on any atom is 0.420 e. The van der Waals surface area contributed by atoms with E-state index in [0.29, 0.717) is 23.1 Å². The number of carbonyl (C=O) groups is 1. The highest BCUT2D eigenvalue weighted by molar-refractivity contribution is 5.72. The lowest BCUT2D eigenvalue weighted by Crippen LogP contribution is -2.39. The zero-order valence-electron chi connectivity index (χ0n) is 18.9. The molecular formula is C21H27F3N6O3. The van der Waals surface area contributed by atoms with E-state index < -0.39 is 17.5 Å². The van der Waals surface area contributed by atoms with Gasteiger partial charge in [0.25, 0.3) is 0 Å². The fraction of sp³-hybridized carbons (Fsp3) is 0.524. The van der Waals surface area contributed by atoms with E-state index in [2.05, 4.69) is 20.5 Å². The van der Waals surface area contributed by atoms with Gasteiger partial charge in [0.2, 0.25) is 0 Å². The van der Waals surface area contributed by atoms with Crippen molar-refractivity contribution in [2.45, 2.75) is 58.7 Å². The number of aromatic amines is 1. The lowest BCUT2D eigenvalue weighted by Gasteiger charge is -2.29. The van der Waals surface area contributed by atoms with Crippen molar-refractivity contribution in [3.05, 3.63) is 29.7 Å². The molecule has 4 heterocycles. The van der Waals surface area contributed by atoms with Crippen molar-refractivity contribution < 1.29 is 27.8 Å². The Morgan fingerprint density at radius 1 is 1.15 bits per heavy atom. The van der Waals surface area contributed by atoms with Crippen molar-refractivity contribution in [1.29, 1.82) is 0 Å². The minimum Gasteiger partial charge on any atom is -0.506 e. The lowest BCUT2D eigenvalue weighted by atomic mass is 10.1. The molecule has 4 rings (SSSR count). The van der Waals surface area contributed by atoms with E-state index >= 15 is 0 Å². The molecule has 0 saturated carbocycles. The first-order valence-corrected chi connectivity index (χ1v) is 10.5. The number of nitrogens with one attached hydrogen (secondary N) is 1. The van der Waals surface area contributed by atoms with E-state index in [-0.39, 0.29) is 17.2 Å². The molecule has 9 nitrogen and oxygen atoms in total. The van der Waals surface area contributed by atoms with Crippen LogP contribution in [0.25, 0.3) is 16.8 Å². The summed E-state index contributed by atoms with van der Waals surface area (Å²) in [4.78, 5) is 13.3. The highest BCUT2D eigenvalue weighted by atomic mass is 19.4. The van der Waals surface area contributed by atoms with Crippen LogP contribution in [0.1, 0.15) is 51.3 Å². The molecule has 33 heavy (non-hydrogen) atoms. The zero-order chi connectivity index (χ0) is 24.4. The number of carbonyl (C=O) groups excluding carboxylic acids is 1. The maximum absolute atomic E-state index is 12.8. The summed E-state index contributed by atoms with van der Waals surface area (Å²) in [7, 11) is 0. The van der Waals surface area contributed by atoms with E-state index in [4.69, 9.17) is 4.74 Å². The second-order valence-electron chi connectivity index (χ2n) is 8.75. The minimum absolute atomic E-state index is 0.160. The van der Waals surface area contributed by atoms with Gasteiger partial charge in [-0.1, -0.05) is 0 Å². The molecule has 1 saturated heterocycles. The summed E-state index contributed by atoms with van der Waals surface area (Å²) in [5.41, 5.74) is -0.328. The number of fused-ring (bicyclic) bond motifs is 1. The number of alkyl halides is 3. The number of halogens is 3. The number of nitrogens with zero attached hydrogens (tertiary/aromatic N) is 5. The normalized spacial score (nSPS) is 14.7. The smallest absolute Gasteiger partial charge is 0.420 e. The molecule has 0 atom stereocenters. The Morgan fingerprint density at radius 2 is 1.82 bits per heavy atom. The van der Waals surface area contributed by atoms with E-state index in [0.717, 1.165) is 30.4 Å². The van der Waals surface area contributed by atoms with Gasteiger partial charge in [0, 0.05) is 24.8 Å². The maximum atomic E-state index is 12.8. The molecule has 1 aliphatic rings. The fourth-order valence-electron chi connectivity index (χ4n) is 3.40. The Morgan fingerprint density at radius 3 is 2.36 bits per heavy atom. The first-order valence-electron chi connectivity index (χ1n) is 10.5. The predicted octanol–water partition coefficient (Wildman–Crippen LogP) is 4.56. The molecule has 0 unspecified atom stereocenters. The van der Waals surface area contributed by atoms with Crippen LogP contribution in [-0.2, 0) is 10.9 Å². The minimum atomic E-state index is -4.58. The molecule has 1 fully saturated rings. The van der Waals surface area contributed by atoms with Crippen LogP contribution in [0.15, 0.2) is 18.5 Å². The van der Waals surface area contributed by atoms with E-state index in [1.54, 1.807) is 11.8 Å². The molecule has 3 aromatic heterocycles. The third kappa shape index (κ3) is 5.93. The SMILES string of the molecule is CC(C)(C)OC(=O)N1CCCCC1.Cc1n[nH]nc1-c1cc(O)c2c(C(F)(F)F)cnn2c1. The summed E-state index contributed by atoms with van der Waals surface area (Å²) >= 11 is 0. The molecule has 1 aliphatic heterocycles. The summed E-state index contributed by atoms with van der Waals surface area (Å²) < 4.78 is 44.6. The lowest BCUT2D eigenvalue weighted by molar-refractivity contribution is -0.136. The summed E-state index contributed by atoms with van der Waals surface area (Å²) in [6.45, 7) is 9.09. The van der Waals surface area contributed by atoms with Crippen molar-refractivity contribution in [3.8, 4) is 17.0 Å². The molecule has 0 aromatic carbocycles. The molecule has 2 N–H and O–H groups in total. The third-order valence-electron chi connectivity index (χ3n) is 4.90. The van der Waals surface area contributed by atoms with Crippen LogP contribution in [0, 0.1) is 6.92 Å². The van der Waals surface area contributed by atoms with Gasteiger partial charge in [0.1, 0.15) is 28.1 Å². The summed E-state index contributed by atoms with van der Waals surface area (Å²) in [5.74, 6) is -0.519. The van der Waals surface area contributed by atoms with E-state index in [1.165, 1.54) is 18.7 Å². The standard InChI is InChI=1S/C11H8F3N5O.C10H19NO2/c1-5-9(17-18-16-5)6-2-8(20)10-7(11(12,13)14)3-15-19(10)4-6;1-10(2,3)13-9(12)11-7-5-4-6-8-11/h2-4,20H,1H3,(H,16,17,18);4-8H2,1-3H3. The van der Waals surface area contributed by atoms with Gasteiger partial charge in [-0.3, -0.25) is 0 Å². The van der Waals surface area contributed by atoms with Gasteiger partial charge in [-0.15, -0.1) is 0 Å². The molecule has 0 aliphatic carbocycles. The molecule has 0 radical (unpaired) electrons. The van der Waals surface area contributed by atoms with Gasteiger partial charge in [0.15, 0.2) is 0 Å². The third-order valence-corrected chi connectivity index (χ3v) is 4.90. The van der Waals surface area contributed by atoms with Gasteiger partial charge in [-0.2, -0.15) is 33.7 Å². The first kappa shape index (κ1) is 24.3. The Labute approximate surface area is 188 Å². The number of aromatic nitrogens is 5. The van der Waals surface area contributed by atoms with E-state index in [9.17, 15) is 23.1 Å². The molecule has 12 heteroatoms. The number of piperidine rings is 1. The summed E-state index contributed by atoms with van der Waals surface area (Å²) in [6, 6.07) is 1.21. The molecular weight excluding hydrogens is 441 g/mol. The Balaban J connectivity index is 0.000000205. The molecule has 0 spiro atoms. The predicted molar refractivity (Wildman–Crippen MR) is 114 cm³/mol. The highest BCUT2D eigenvalue weighted by Crippen LogP contribution is 2.37. The van der Waals surface area contributed by atoms with Crippen LogP contribution < -0.4 is 0 Å². The van der Waals surface area contributed by atoms with Crippen molar-refractivity contribution in [2.75, 3.05) is 13.1 Å². The average Bonchev–Trinajstić information content (AvgIpc) is 3.34. The number of hydrogen-bond acceptors (Lipinski definition) is 6. The van der Waals surface area contributed by atoms with Crippen molar-refractivity contribution in [2.24, 2.45) is 0 Å². The topological polar surface area (TPSA) is 109 Å². The summed E-state index contributed by atoms with van der Waals surface area (Å²) in [6.07, 6.45) is 0.749. The van der Waals surface area contributed by atoms with Gasteiger partial charge in [-0.25, -0.2) is 9.31 Å². The van der Waals surface area contributed by atoms with Crippen LogP contribution in [0.3, 0.4) is 0 Å². The molecule has 0 bridgehead atoms.